The van der Waals surface area contributed by atoms with Crippen LogP contribution in [0.5, 0.6) is 0 Å². The SMILES string of the molecule is CCNC(=NCCCc1nn(-c2ccccc2)c(N)c1C#N)NCCn1cnnc1CC. The van der Waals surface area contributed by atoms with E-state index in [1.807, 2.05) is 41.8 Å². The van der Waals surface area contributed by atoms with Gasteiger partial charge in [0.15, 0.2) is 5.96 Å². The van der Waals surface area contributed by atoms with Gasteiger partial charge in [-0.15, -0.1) is 10.2 Å². The number of rotatable bonds is 10. The summed E-state index contributed by atoms with van der Waals surface area (Å²) in [5.41, 5.74) is 8.14. The molecule has 0 bridgehead atoms. The summed E-state index contributed by atoms with van der Waals surface area (Å²) in [5.74, 6) is 2.09. The number of nitrogens with zero attached hydrogens (tertiary/aromatic N) is 7. The molecule has 0 saturated carbocycles. The van der Waals surface area contributed by atoms with Gasteiger partial charge in [-0.25, -0.2) is 4.68 Å². The third kappa shape index (κ3) is 5.63. The molecule has 0 aliphatic carbocycles. The molecule has 0 atom stereocenters. The van der Waals surface area contributed by atoms with E-state index in [0.717, 1.165) is 43.4 Å². The molecule has 0 unspecified atom stereocenters. The van der Waals surface area contributed by atoms with Crippen LogP contribution < -0.4 is 16.4 Å². The van der Waals surface area contributed by atoms with Gasteiger partial charge in [-0.2, -0.15) is 10.4 Å². The highest BCUT2D eigenvalue weighted by molar-refractivity contribution is 5.79. The van der Waals surface area contributed by atoms with Crippen molar-refractivity contribution in [1.29, 1.82) is 5.26 Å². The minimum absolute atomic E-state index is 0.368. The zero-order chi connectivity index (χ0) is 22.8. The van der Waals surface area contributed by atoms with E-state index in [-0.39, 0.29) is 0 Å². The van der Waals surface area contributed by atoms with E-state index in [1.165, 1.54) is 0 Å². The third-order valence-electron chi connectivity index (χ3n) is 4.95. The zero-order valence-corrected chi connectivity index (χ0v) is 18.6. The molecule has 3 rings (SSSR count). The van der Waals surface area contributed by atoms with Crippen molar-refractivity contribution in [2.45, 2.75) is 39.7 Å². The lowest BCUT2D eigenvalue weighted by molar-refractivity contribution is 0.632. The van der Waals surface area contributed by atoms with Crippen LogP contribution in [0.4, 0.5) is 5.82 Å². The van der Waals surface area contributed by atoms with Crippen molar-refractivity contribution < 1.29 is 0 Å². The van der Waals surface area contributed by atoms with Crippen LogP contribution in [0.25, 0.3) is 5.69 Å². The van der Waals surface area contributed by atoms with E-state index in [1.54, 1.807) is 11.0 Å². The van der Waals surface area contributed by atoms with Crippen LogP contribution in [0.15, 0.2) is 41.7 Å². The number of benzene rings is 1. The van der Waals surface area contributed by atoms with Crippen molar-refractivity contribution in [3.05, 3.63) is 53.7 Å². The Morgan fingerprint density at radius 1 is 1.22 bits per heavy atom. The Bertz CT molecular complexity index is 1060. The lowest BCUT2D eigenvalue weighted by atomic mass is 10.1. The maximum atomic E-state index is 9.55. The summed E-state index contributed by atoms with van der Waals surface area (Å²) in [5, 5.41) is 28.8. The van der Waals surface area contributed by atoms with Gasteiger partial charge in [-0.1, -0.05) is 25.1 Å². The fraction of sp³-hybridized carbons (Fsp3) is 0.409. The first-order valence-electron chi connectivity index (χ1n) is 10.9. The molecule has 10 nitrogen and oxygen atoms in total. The summed E-state index contributed by atoms with van der Waals surface area (Å²) < 4.78 is 3.66. The second-order valence-corrected chi connectivity index (χ2v) is 7.15. The molecule has 0 aliphatic heterocycles. The number of aliphatic imine (C=N–C) groups is 1. The molecule has 2 heterocycles. The number of anilines is 1. The van der Waals surface area contributed by atoms with Crippen molar-refractivity contribution in [1.82, 2.24) is 35.2 Å². The molecule has 4 N–H and O–H groups in total. The maximum absolute atomic E-state index is 9.55. The molecule has 0 spiro atoms. The predicted molar refractivity (Wildman–Crippen MR) is 124 cm³/mol. The Hall–Kier alpha value is -3.87. The Morgan fingerprint density at radius 2 is 2.03 bits per heavy atom. The fourth-order valence-electron chi connectivity index (χ4n) is 3.35. The second kappa shape index (κ2) is 11.5. The standard InChI is InChI=1S/C22H30N10/c1-3-20-29-28-16-31(20)14-13-27-22(25-4-2)26-12-8-11-19-18(15-23)21(24)32(30-19)17-9-6-5-7-10-17/h5-7,9-10,16H,3-4,8,11-14,24H2,1-2H3,(H2,25,26,27). The number of nitriles is 1. The average molecular weight is 435 g/mol. The van der Waals surface area contributed by atoms with Gasteiger partial charge in [0, 0.05) is 32.6 Å². The van der Waals surface area contributed by atoms with E-state index < -0.39 is 0 Å². The molecular weight excluding hydrogens is 404 g/mol. The first-order valence-corrected chi connectivity index (χ1v) is 10.9. The van der Waals surface area contributed by atoms with Crippen LogP contribution in [0, 0.1) is 11.3 Å². The molecule has 1 aromatic carbocycles. The lowest BCUT2D eigenvalue weighted by Gasteiger charge is -2.12. The van der Waals surface area contributed by atoms with Crippen LogP contribution in [0.2, 0.25) is 0 Å². The van der Waals surface area contributed by atoms with Crippen LogP contribution >= 0.6 is 0 Å². The van der Waals surface area contributed by atoms with E-state index in [0.29, 0.717) is 36.6 Å². The Kier molecular flexibility index (Phi) is 8.20. The lowest BCUT2D eigenvalue weighted by Crippen LogP contribution is -2.39. The molecule has 168 valence electrons. The summed E-state index contributed by atoms with van der Waals surface area (Å²) in [6, 6.07) is 11.8. The molecule has 0 saturated heterocycles. The number of nitrogens with two attached hydrogens (primary N) is 1. The van der Waals surface area contributed by atoms with Crippen LogP contribution in [0.1, 0.15) is 37.4 Å². The average Bonchev–Trinajstić information content (AvgIpc) is 3.40. The molecule has 3 aromatic rings. The van der Waals surface area contributed by atoms with Crippen molar-refractivity contribution in [3.63, 3.8) is 0 Å². The van der Waals surface area contributed by atoms with Crippen molar-refractivity contribution in [2.24, 2.45) is 4.99 Å². The Balaban J connectivity index is 1.56. The molecule has 10 heteroatoms. The number of hydrogen-bond donors (Lipinski definition) is 3. The van der Waals surface area contributed by atoms with Gasteiger partial charge in [0.2, 0.25) is 0 Å². The summed E-state index contributed by atoms with van der Waals surface area (Å²) in [7, 11) is 0. The summed E-state index contributed by atoms with van der Waals surface area (Å²) >= 11 is 0. The van der Waals surface area contributed by atoms with E-state index in [2.05, 4.69) is 43.9 Å². The van der Waals surface area contributed by atoms with E-state index >= 15 is 0 Å². The number of guanidine groups is 1. The number of hydrogen-bond acceptors (Lipinski definition) is 6. The molecule has 0 amide bonds. The first-order chi connectivity index (χ1) is 15.7. The van der Waals surface area contributed by atoms with Gasteiger partial charge in [0.1, 0.15) is 29.6 Å². The third-order valence-corrected chi connectivity index (χ3v) is 4.95. The number of nitrogen functional groups attached to an aromatic ring is 1. The Morgan fingerprint density at radius 3 is 2.75 bits per heavy atom. The number of para-hydroxylation sites is 1. The van der Waals surface area contributed by atoms with Crippen LogP contribution in [-0.4, -0.2) is 50.1 Å². The van der Waals surface area contributed by atoms with Gasteiger partial charge in [-0.3, -0.25) is 4.99 Å². The number of nitrogens with one attached hydrogen (secondary N) is 2. The molecule has 0 radical (unpaired) electrons. The monoisotopic (exact) mass is 434 g/mol. The number of aromatic nitrogens is 5. The largest absolute Gasteiger partial charge is 0.382 e. The van der Waals surface area contributed by atoms with Crippen molar-refractivity contribution in [3.8, 4) is 11.8 Å². The van der Waals surface area contributed by atoms with E-state index in [4.69, 9.17) is 5.73 Å². The second-order valence-electron chi connectivity index (χ2n) is 7.15. The smallest absolute Gasteiger partial charge is 0.191 e. The predicted octanol–water partition coefficient (Wildman–Crippen LogP) is 1.67. The van der Waals surface area contributed by atoms with Crippen molar-refractivity contribution >= 4 is 11.8 Å². The quantitative estimate of drug-likeness (QED) is 0.251. The fourth-order valence-corrected chi connectivity index (χ4v) is 3.35. The Labute approximate surface area is 188 Å². The first kappa shape index (κ1) is 22.8. The topological polar surface area (TPSA) is 135 Å². The van der Waals surface area contributed by atoms with Crippen LogP contribution in [-0.2, 0) is 19.4 Å². The highest BCUT2D eigenvalue weighted by Gasteiger charge is 2.16. The van der Waals surface area contributed by atoms with Gasteiger partial charge in [-0.05, 0) is 31.9 Å². The van der Waals surface area contributed by atoms with E-state index in [9.17, 15) is 5.26 Å². The summed E-state index contributed by atoms with van der Waals surface area (Å²) in [6.45, 7) is 6.95. The van der Waals surface area contributed by atoms with Gasteiger partial charge < -0.3 is 20.9 Å². The molecule has 0 fully saturated rings. The minimum Gasteiger partial charge on any atom is -0.382 e. The van der Waals surface area contributed by atoms with Crippen LogP contribution in [0.3, 0.4) is 0 Å². The maximum Gasteiger partial charge on any atom is 0.191 e. The summed E-state index contributed by atoms with van der Waals surface area (Å²) in [4.78, 5) is 4.64. The van der Waals surface area contributed by atoms with Gasteiger partial charge in [0.25, 0.3) is 0 Å². The van der Waals surface area contributed by atoms with Crippen molar-refractivity contribution in [2.75, 3.05) is 25.4 Å². The minimum atomic E-state index is 0.368. The molecule has 32 heavy (non-hydrogen) atoms. The highest BCUT2D eigenvalue weighted by Crippen LogP contribution is 2.21. The molecule has 0 aliphatic rings. The summed E-state index contributed by atoms with van der Waals surface area (Å²) in [6.07, 6.45) is 3.97. The van der Waals surface area contributed by atoms with Gasteiger partial charge in [0.05, 0.1) is 11.4 Å². The number of aryl methyl sites for hydroxylation is 2. The van der Waals surface area contributed by atoms with Gasteiger partial charge >= 0.3 is 0 Å². The highest BCUT2D eigenvalue weighted by atomic mass is 15.3. The zero-order valence-electron chi connectivity index (χ0n) is 18.6. The molecular formula is C22H30N10. The molecule has 2 aromatic heterocycles. The normalized spacial score (nSPS) is 11.3.